The summed E-state index contributed by atoms with van der Waals surface area (Å²) in [6.45, 7) is 2.27. The van der Waals surface area contributed by atoms with Gasteiger partial charge in [0.1, 0.15) is 18.9 Å². The zero-order chi connectivity index (χ0) is 18.4. The monoisotopic (exact) mass is 350 g/mol. The van der Waals surface area contributed by atoms with E-state index >= 15 is 0 Å². The molecule has 3 rings (SSSR count). The number of oxazole rings is 1. The number of fused-ring (bicyclic) bond motifs is 1. The molecule has 6 heteroatoms. The minimum absolute atomic E-state index is 0.114. The molecule has 1 aromatic heterocycles. The average Bonchev–Trinajstić information content (AvgIpc) is 2.95. The Bertz CT molecular complexity index is 1040. The molecule has 132 valence electrons. The molecule has 0 radical (unpaired) electrons. The number of benzene rings is 2. The number of amides is 1. The van der Waals surface area contributed by atoms with E-state index in [2.05, 4.69) is 17.2 Å². The fourth-order valence-electron chi connectivity index (χ4n) is 2.45. The van der Waals surface area contributed by atoms with Crippen molar-refractivity contribution in [2.24, 2.45) is 0 Å². The van der Waals surface area contributed by atoms with Crippen molar-refractivity contribution in [2.75, 3.05) is 13.2 Å². The van der Waals surface area contributed by atoms with Gasteiger partial charge in [0.15, 0.2) is 5.58 Å². The van der Waals surface area contributed by atoms with Gasteiger partial charge >= 0.3 is 5.76 Å². The van der Waals surface area contributed by atoms with Crippen LogP contribution in [0.5, 0.6) is 5.75 Å². The molecule has 0 saturated carbocycles. The van der Waals surface area contributed by atoms with Crippen molar-refractivity contribution in [3.63, 3.8) is 0 Å². The molecule has 0 fully saturated rings. The standard InChI is InChI=1S/C20H18N2O4/c1-15-8-2-4-10-17(15)25-13-7-6-12-21-19(23)14-22-16-9-3-5-11-18(16)26-20(22)24/h2-5,8-11H,12-14H2,1H3,(H,21,23). The van der Waals surface area contributed by atoms with E-state index in [9.17, 15) is 9.59 Å². The molecule has 1 N–H and O–H groups in total. The topological polar surface area (TPSA) is 73.5 Å². The van der Waals surface area contributed by atoms with E-state index in [1.165, 1.54) is 4.57 Å². The van der Waals surface area contributed by atoms with E-state index in [1.54, 1.807) is 24.3 Å². The molecule has 3 aromatic rings. The molecule has 0 atom stereocenters. The van der Waals surface area contributed by atoms with Crippen LogP contribution in [-0.2, 0) is 11.3 Å². The second-order valence-electron chi connectivity index (χ2n) is 5.61. The smallest absolute Gasteiger partial charge is 0.420 e. The normalized spacial score (nSPS) is 10.2. The van der Waals surface area contributed by atoms with Crippen LogP contribution in [0, 0.1) is 18.8 Å². The maximum Gasteiger partial charge on any atom is 0.420 e. The van der Waals surface area contributed by atoms with Crippen molar-refractivity contribution in [1.29, 1.82) is 0 Å². The van der Waals surface area contributed by atoms with Crippen LogP contribution in [0.15, 0.2) is 57.7 Å². The van der Waals surface area contributed by atoms with Crippen molar-refractivity contribution < 1.29 is 13.9 Å². The van der Waals surface area contributed by atoms with Gasteiger partial charge in [-0.25, -0.2) is 4.79 Å². The highest BCUT2D eigenvalue weighted by Gasteiger charge is 2.11. The fraction of sp³-hybridized carbons (Fsp3) is 0.200. The van der Waals surface area contributed by atoms with Crippen LogP contribution in [-0.4, -0.2) is 23.6 Å². The van der Waals surface area contributed by atoms with E-state index in [0.29, 0.717) is 11.1 Å². The summed E-state index contributed by atoms with van der Waals surface area (Å²) in [6, 6.07) is 14.7. The summed E-state index contributed by atoms with van der Waals surface area (Å²) in [5.74, 6) is 5.58. The quantitative estimate of drug-likeness (QED) is 0.715. The first kappa shape index (κ1) is 17.4. The Morgan fingerprint density at radius 3 is 2.77 bits per heavy atom. The Morgan fingerprint density at radius 2 is 1.92 bits per heavy atom. The summed E-state index contributed by atoms with van der Waals surface area (Å²) in [4.78, 5) is 23.8. The van der Waals surface area contributed by atoms with Gasteiger partial charge in [-0.1, -0.05) is 42.2 Å². The number of aryl methyl sites for hydroxylation is 1. The third-order valence-electron chi connectivity index (χ3n) is 3.77. The second kappa shape index (κ2) is 8.08. The Balaban J connectivity index is 1.48. The molecule has 0 aliphatic carbocycles. The molecule has 1 heterocycles. The number of carbonyl (C=O) groups is 1. The predicted octanol–water partition coefficient (Wildman–Crippen LogP) is 2.10. The minimum Gasteiger partial charge on any atom is -0.481 e. The largest absolute Gasteiger partial charge is 0.481 e. The number of carbonyl (C=O) groups excluding carboxylic acids is 1. The summed E-state index contributed by atoms with van der Waals surface area (Å²) in [5, 5.41) is 2.65. The molecular formula is C20H18N2O4. The Kier molecular flexibility index (Phi) is 5.40. The molecule has 0 bridgehead atoms. The molecule has 1 amide bonds. The first-order chi connectivity index (χ1) is 12.6. The molecule has 6 nitrogen and oxygen atoms in total. The molecule has 26 heavy (non-hydrogen) atoms. The molecule has 0 saturated heterocycles. The maximum absolute atomic E-state index is 12.0. The number of hydrogen-bond donors (Lipinski definition) is 1. The van der Waals surface area contributed by atoms with Gasteiger partial charge in [-0.15, -0.1) is 0 Å². The lowest BCUT2D eigenvalue weighted by Crippen LogP contribution is -2.31. The van der Waals surface area contributed by atoms with Crippen LogP contribution < -0.4 is 15.8 Å². The van der Waals surface area contributed by atoms with Crippen LogP contribution in [0.3, 0.4) is 0 Å². The average molecular weight is 350 g/mol. The van der Waals surface area contributed by atoms with Crippen LogP contribution in [0.1, 0.15) is 5.56 Å². The zero-order valence-corrected chi connectivity index (χ0v) is 14.3. The lowest BCUT2D eigenvalue weighted by atomic mass is 10.2. The van der Waals surface area contributed by atoms with Gasteiger partial charge in [-0.05, 0) is 30.7 Å². The van der Waals surface area contributed by atoms with Crippen molar-refractivity contribution in [3.8, 4) is 17.6 Å². The van der Waals surface area contributed by atoms with Crippen LogP contribution in [0.4, 0.5) is 0 Å². The van der Waals surface area contributed by atoms with Gasteiger partial charge in [0.05, 0.1) is 12.1 Å². The van der Waals surface area contributed by atoms with Gasteiger partial charge < -0.3 is 14.5 Å². The van der Waals surface area contributed by atoms with Gasteiger partial charge in [0.25, 0.3) is 0 Å². The number of nitrogens with one attached hydrogen (secondary N) is 1. The lowest BCUT2D eigenvalue weighted by Gasteiger charge is -2.04. The predicted molar refractivity (Wildman–Crippen MR) is 97.9 cm³/mol. The third kappa shape index (κ3) is 4.14. The minimum atomic E-state index is -0.556. The number of aromatic nitrogens is 1. The summed E-state index contributed by atoms with van der Waals surface area (Å²) in [5.41, 5.74) is 2.09. The van der Waals surface area contributed by atoms with Crippen LogP contribution in [0.25, 0.3) is 11.1 Å². The van der Waals surface area contributed by atoms with E-state index in [4.69, 9.17) is 9.15 Å². The Morgan fingerprint density at radius 1 is 1.15 bits per heavy atom. The van der Waals surface area contributed by atoms with Gasteiger partial charge in [-0.2, -0.15) is 0 Å². The highest BCUT2D eigenvalue weighted by Crippen LogP contribution is 2.15. The Labute approximate surface area is 150 Å². The molecule has 0 spiro atoms. The van der Waals surface area contributed by atoms with Crippen molar-refractivity contribution in [3.05, 3.63) is 64.6 Å². The van der Waals surface area contributed by atoms with Gasteiger partial charge in [0, 0.05) is 0 Å². The first-order valence-electron chi connectivity index (χ1n) is 8.14. The highest BCUT2D eigenvalue weighted by atomic mass is 16.5. The Hall–Kier alpha value is -3.46. The van der Waals surface area contributed by atoms with Crippen molar-refractivity contribution in [1.82, 2.24) is 9.88 Å². The van der Waals surface area contributed by atoms with Crippen molar-refractivity contribution >= 4 is 17.0 Å². The van der Waals surface area contributed by atoms with E-state index < -0.39 is 5.76 Å². The molecule has 0 aliphatic rings. The van der Waals surface area contributed by atoms with Crippen LogP contribution >= 0.6 is 0 Å². The van der Waals surface area contributed by atoms with Crippen LogP contribution in [0.2, 0.25) is 0 Å². The molecular weight excluding hydrogens is 332 g/mol. The maximum atomic E-state index is 12.0. The van der Waals surface area contributed by atoms with E-state index in [1.807, 2.05) is 31.2 Å². The van der Waals surface area contributed by atoms with Gasteiger partial charge in [-0.3, -0.25) is 9.36 Å². The van der Waals surface area contributed by atoms with E-state index in [-0.39, 0.29) is 25.6 Å². The fourth-order valence-corrected chi connectivity index (χ4v) is 2.45. The third-order valence-corrected chi connectivity index (χ3v) is 3.77. The number of ether oxygens (including phenoxy) is 1. The summed E-state index contributed by atoms with van der Waals surface area (Å²) >= 11 is 0. The molecule has 2 aromatic carbocycles. The summed E-state index contributed by atoms with van der Waals surface area (Å²) < 4.78 is 11.9. The zero-order valence-electron chi connectivity index (χ0n) is 14.3. The number of rotatable bonds is 5. The lowest BCUT2D eigenvalue weighted by molar-refractivity contribution is -0.121. The number of para-hydroxylation sites is 3. The van der Waals surface area contributed by atoms with E-state index in [0.717, 1.165) is 11.3 Å². The van der Waals surface area contributed by atoms with Crippen molar-refractivity contribution in [2.45, 2.75) is 13.5 Å². The molecule has 0 aliphatic heterocycles. The number of nitrogens with zero attached hydrogens (tertiary/aromatic N) is 1. The van der Waals surface area contributed by atoms with Gasteiger partial charge in [0.2, 0.25) is 5.91 Å². The first-order valence-corrected chi connectivity index (χ1v) is 8.14. The second-order valence-corrected chi connectivity index (χ2v) is 5.61. The SMILES string of the molecule is Cc1ccccc1OCC#CCNC(=O)Cn1c(=O)oc2ccccc21. The summed E-state index contributed by atoms with van der Waals surface area (Å²) in [7, 11) is 0. The molecule has 0 unspecified atom stereocenters. The highest BCUT2D eigenvalue weighted by molar-refractivity contribution is 5.79. The number of hydrogen-bond acceptors (Lipinski definition) is 4. The summed E-state index contributed by atoms with van der Waals surface area (Å²) in [6.07, 6.45) is 0.